The second kappa shape index (κ2) is 6.63. The maximum Gasteiger partial charge on any atom is 0.121 e. The highest BCUT2D eigenvalue weighted by atomic mass is 79.9. The molecule has 0 amide bonds. The van der Waals surface area contributed by atoms with Crippen molar-refractivity contribution < 1.29 is 4.74 Å². The summed E-state index contributed by atoms with van der Waals surface area (Å²) in [4.78, 5) is 0. The fraction of sp³-hybridized carbons (Fsp3) is 0.588. The van der Waals surface area contributed by atoms with Crippen LogP contribution in [0, 0.1) is 24.2 Å². The molecule has 0 saturated heterocycles. The van der Waals surface area contributed by atoms with Gasteiger partial charge in [0.1, 0.15) is 5.75 Å². The van der Waals surface area contributed by atoms with Crippen LogP contribution in [0.5, 0.6) is 5.75 Å². The minimum absolute atomic E-state index is 0.230. The second-order valence-corrected chi connectivity index (χ2v) is 6.60. The lowest BCUT2D eigenvalue weighted by Gasteiger charge is -2.39. The molecule has 2 rings (SSSR count). The standard InChI is InChI=1S/C17H22BrNO/c1-13-11-15(3-4-16(13)20-2)17(9-10-18)7-5-14(12-19)6-8-17/h3-4,11,14H,5-10H2,1-2H3. The Balaban J connectivity index is 2.29. The number of alkyl halides is 1. The Morgan fingerprint density at radius 3 is 2.60 bits per heavy atom. The Bertz CT molecular complexity index is 498. The Kier molecular flexibility index (Phi) is 5.10. The van der Waals surface area contributed by atoms with Crippen molar-refractivity contribution in [2.75, 3.05) is 12.4 Å². The molecular formula is C17H22BrNO. The Morgan fingerprint density at radius 2 is 2.10 bits per heavy atom. The highest BCUT2D eigenvalue weighted by Crippen LogP contribution is 2.45. The highest BCUT2D eigenvalue weighted by molar-refractivity contribution is 9.09. The van der Waals surface area contributed by atoms with Gasteiger partial charge in [0.15, 0.2) is 0 Å². The smallest absolute Gasteiger partial charge is 0.121 e. The molecule has 0 unspecified atom stereocenters. The van der Waals surface area contributed by atoms with Crippen LogP contribution in [0.2, 0.25) is 0 Å². The third-order valence-corrected chi connectivity index (χ3v) is 5.10. The summed E-state index contributed by atoms with van der Waals surface area (Å²) in [6, 6.07) is 9.00. The normalized spacial score (nSPS) is 26.0. The van der Waals surface area contributed by atoms with Crippen molar-refractivity contribution in [3.63, 3.8) is 0 Å². The Labute approximate surface area is 130 Å². The lowest BCUT2D eigenvalue weighted by atomic mass is 9.65. The first-order valence-electron chi connectivity index (χ1n) is 7.26. The first-order chi connectivity index (χ1) is 9.65. The molecule has 0 atom stereocenters. The molecule has 1 aliphatic carbocycles. The fourth-order valence-electron chi connectivity index (χ4n) is 3.37. The third kappa shape index (κ3) is 3.01. The maximum atomic E-state index is 9.10. The Morgan fingerprint density at radius 1 is 1.40 bits per heavy atom. The van der Waals surface area contributed by atoms with E-state index >= 15 is 0 Å². The van der Waals surface area contributed by atoms with Gasteiger partial charge >= 0.3 is 0 Å². The summed E-state index contributed by atoms with van der Waals surface area (Å²) >= 11 is 3.61. The molecule has 2 nitrogen and oxygen atoms in total. The van der Waals surface area contributed by atoms with Crippen LogP contribution in [0.15, 0.2) is 18.2 Å². The number of nitriles is 1. The van der Waals surface area contributed by atoms with Crippen molar-refractivity contribution in [3.8, 4) is 11.8 Å². The number of hydrogen-bond acceptors (Lipinski definition) is 2. The van der Waals surface area contributed by atoms with E-state index in [0.717, 1.165) is 43.2 Å². The van der Waals surface area contributed by atoms with Crippen molar-refractivity contribution in [1.29, 1.82) is 5.26 Å². The molecule has 1 saturated carbocycles. The number of nitrogens with zero attached hydrogens (tertiary/aromatic N) is 1. The molecule has 20 heavy (non-hydrogen) atoms. The SMILES string of the molecule is COc1ccc(C2(CCBr)CCC(C#N)CC2)cc1C. The molecule has 0 heterocycles. The molecular weight excluding hydrogens is 314 g/mol. The zero-order valence-electron chi connectivity index (χ0n) is 12.3. The van der Waals surface area contributed by atoms with Crippen molar-refractivity contribution in [1.82, 2.24) is 0 Å². The largest absolute Gasteiger partial charge is 0.496 e. The summed E-state index contributed by atoms with van der Waals surface area (Å²) in [5, 5.41) is 10.1. The van der Waals surface area contributed by atoms with Gasteiger partial charge in [-0.25, -0.2) is 0 Å². The van der Waals surface area contributed by atoms with Crippen LogP contribution in [0.3, 0.4) is 0 Å². The second-order valence-electron chi connectivity index (χ2n) is 5.81. The van der Waals surface area contributed by atoms with Crippen molar-refractivity contribution in [3.05, 3.63) is 29.3 Å². The average molecular weight is 336 g/mol. The van der Waals surface area contributed by atoms with E-state index in [1.807, 2.05) is 0 Å². The first-order valence-corrected chi connectivity index (χ1v) is 8.38. The molecule has 0 aromatic heterocycles. The van der Waals surface area contributed by atoms with Gasteiger partial charge in [0.25, 0.3) is 0 Å². The molecule has 1 aliphatic rings. The van der Waals surface area contributed by atoms with Gasteiger partial charge in [-0.2, -0.15) is 5.26 Å². The highest BCUT2D eigenvalue weighted by Gasteiger charge is 2.36. The van der Waals surface area contributed by atoms with E-state index in [-0.39, 0.29) is 11.3 Å². The van der Waals surface area contributed by atoms with Crippen molar-refractivity contribution >= 4 is 15.9 Å². The molecule has 0 N–H and O–H groups in total. The topological polar surface area (TPSA) is 33.0 Å². The van der Waals surface area contributed by atoms with Crippen molar-refractivity contribution in [2.45, 2.75) is 44.4 Å². The van der Waals surface area contributed by atoms with Crippen LogP contribution in [0.4, 0.5) is 0 Å². The number of ether oxygens (including phenoxy) is 1. The predicted octanol–water partition coefficient (Wildman–Crippen LogP) is 4.74. The molecule has 1 fully saturated rings. The van der Waals surface area contributed by atoms with Crippen LogP contribution in [0.1, 0.15) is 43.2 Å². The average Bonchev–Trinajstić information content (AvgIpc) is 2.48. The molecule has 1 aromatic rings. The van der Waals surface area contributed by atoms with Gasteiger partial charge in [-0.3, -0.25) is 0 Å². The van der Waals surface area contributed by atoms with Crippen molar-refractivity contribution in [2.24, 2.45) is 5.92 Å². The van der Waals surface area contributed by atoms with Gasteiger partial charge in [0, 0.05) is 11.2 Å². The van der Waals surface area contributed by atoms with E-state index in [1.165, 1.54) is 11.1 Å². The van der Waals surface area contributed by atoms with Gasteiger partial charge in [-0.15, -0.1) is 0 Å². The molecule has 0 spiro atoms. The van der Waals surface area contributed by atoms with Gasteiger partial charge < -0.3 is 4.74 Å². The van der Waals surface area contributed by atoms with Crippen LogP contribution < -0.4 is 4.74 Å². The van der Waals surface area contributed by atoms with Crippen LogP contribution in [-0.2, 0) is 5.41 Å². The number of methoxy groups -OCH3 is 1. The van der Waals surface area contributed by atoms with E-state index in [9.17, 15) is 0 Å². The zero-order valence-corrected chi connectivity index (χ0v) is 13.9. The minimum Gasteiger partial charge on any atom is -0.496 e. The quantitative estimate of drug-likeness (QED) is 0.744. The van der Waals surface area contributed by atoms with E-state index in [1.54, 1.807) is 7.11 Å². The summed E-state index contributed by atoms with van der Waals surface area (Å²) in [7, 11) is 1.72. The first kappa shape index (κ1) is 15.4. The van der Waals surface area contributed by atoms with Gasteiger partial charge in [-0.1, -0.05) is 28.1 Å². The molecule has 0 bridgehead atoms. The monoisotopic (exact) mass is 335 g/mol. The lowest BCUT2D eigenvalue weighted by Crippen LogP contribution is -2.32. The summed E-state index contributed by atoms with van der Waals surface area (Å²) in [6.07, 6.45) is 5.41. The summed E-state index contributed by atoms with van der Waals surface area (Å²) in [6.45, 7) is 2.10. The van der Waals surface area contributed by atoms with Crippen LogP contribution in [0.25, 0.3) is 0 Å². The van der Waals surface area contributed by atoms with Gasteiger partial charge in [0.2, 0.25) is 0 Å². The van der Waals surface area contributed by atoms with E-state index < -0.39 is 0 Å². The molecule has 108 valence electrons. The summed E-state index contributed by atoms with van der Waals surface area (Å²) in [5.41, 5.74) is 2.83. The molecule has 0 radical (unpaired) electrons. The lowest BCUT2D eigenvalue weighted by molar-refractivity contribution is 0.254. The fourth-order valence-corrected chi connectivity index (χ4v) is 4.13. The van der Waals surface area contributed by atoms with E-state index in [4.69, 9.17) is 10.00 Å². The number of aryl methyl sites for hydroxylation is 1. The van der Waals surface area contributed by atoms with E-state index in [0.29, 0.717) is 0 Å². The molecule has 1 aromatic carbocycles. The summed E-state index contributed by atoms with van der Waals surface area (Å²) < 4.78 is 5.36. The number of benzene rings is 1. The van der Waals surface area contributed by atoms with Gasteiger partial charge in [-0.05, 0) is 61.6 Å². The van der Waals surface area contributed by atoms with E-state index in [2.05, 4.69) is 47.1 Å². The number of rotatable bonds is 4. The molecule has 0 aliphatic heterocycles. The molecule has 3 heteroatoms. The maximum absolute atomic E-state index is 9.10. The zero-order chi connectivity index (χ0) is 14.6. The minimum atomic E-state index is 0.230. The third-order valence-electron chi connectivity index (χ3n) is 4.71. The van der Waals surface area contributed by atoms with Gasteiger partial charge in [0.05, 0.1) is 13.2 Å². The summed E-state index contributed by atoms with van der Waals surface area (Å²) in [5.74, 6) is 1.20. The number of halogens is 1. The predicted molar refractivity (Wildman–Crippen MR) is 85.4 cm³/mol. The Hall–Kier alpha value is -1.01. The number of hydrogen-bond donors (Lipinski definition) is 0. The van der Waals surface area contributed by atoms with Crippen LogP contribution in [-0.4, -0.2) is 12.4 Å². The van der Waals surface area contributed by atoms with Crippen LogP contribution >= 0.6 is 15.9 Å².